The number of carboxylic acids is 1. The maximum Gasteiger partial charge on any atom is 0.307 e. The lowest BCUT2D eigenvalue weighted by molar-refractivity contribution is -0.136. The molecule has 0 aliphatic carbocycles. The number of halogens is 5. The van der Waals surface area contributed by atoms with E-state index in [4.69, 9.17) is 38.3 Å². The van der Waals surface area contributed by atoms with E-state index < -0.39 is 40.8 Å². The lowest BCUT2D eigenvalue weighted by Gasteiger charge is -2.26. The maximum atomic E-state index is 14.2. The van der Waals surface area contributed by atoms with Gasteiger partial charge in [0.15, 0.2) is 5.78 Å². The fraction of sp³-hybridized carbons (Fsp3) is 0.374. The number of hydrogen-bond donors (Lipinski definition) is 4. The number of Topliss-reactive ketones (excluding diaryl/α,β-unsaturated/α-hetero) is 3. The van der Waals surface area contributed by atoms with E-state index >= 15 is 0 Å². The summed E-state index contributed by atoms with van der Waals surface area (Å²) < 4.78 is 115. The van der Waals surface area contributed by atoms with E-state index in [2.05, 4.69) is 4.90 Å². The Hall–Kier alpha value is -11.4. The molecule has 0 bridgehead atoms. The first-order chi connectivity index (χ1) is 57.5. The van der Waals surface area contributed by atoms with Gasteiger partial charge < -0.3 is 81.3 Å². The number of ether oxygens (including phenoxy) is 7. The smallest absolute Gasteiger partial charge is 0.307 e. The van der Waals surface area contributed by atoms with Gasteiger partial charge in [-0.05, 0) is 124 Å². The van der Waals surface area contributed by atoms with Gasteiger partial charge in [-0.3, -0.25) is 28.9 Å². The number of aliphatic carboxylic acids is 1. The molecular weight excluding hydrogens is 1540 g/mol. The van der Waals surface area contributed by atoms with E-state index in [1.807, 2.05) is 128 Å². The van der Waals surface area contributed by atoms with Crippen LogP contribution in [-0.2, 0) is 114 Å². The van der Waals surface area contributed by atoms with E-state index in [9.17, 15) is 61.2 Å². The van der Waals surface area contributed by atoms with Crippen molar-refractivity contribution in [3.8, 4) is 28.7 Å². The van der Waals surface area contributed by atoms with Crippen molar-refractivity contribution in [1.29, 1.82) is 0 Å². The van der Waals surface area contributed by atoms with Crippen LogP contribution in [0, 0.1) is 29.1 Å². The molecular formula is C91H104F5N7O16. The summed E-state index contributed by atoms with van der Waals surface area (Å²) >= 11 is 0. The minimum atomic E-state index is -0.983. The predicted molar refractivity (Wildman–Crippen MR) is 444 cm³/mol. The van der Waals surface area contributed by atoms with Crippen LogP contribution in [-0.4, -0.2) is 182 Å². The number of methoxy groups -OCH3 is 2. The Labute approximate surface area is 687 Å². The Morgan fingerprint density at radius 2 is 0.798 bits per heavy atom. The Balaban J connectivity index is 0.000000155. The Bertz CT molecular complexity index is 5420. The van der Waals surface area contributed by atoms with Crippen LogP contribution in [0.2, 0.25) is 0 Å². The SMILES string of the molecule is C1CCOCC1.CCn1cc(C(=O)C(=O)COC)c2c(OCc3ccccc3)cc(F)cc21.CCn1cc(CC(=O)COC)c2c(OCc3ccccc3)cc(F)cc21.CCn1cc(CC(=O)N2CCOCC2)c2c(O)cc(F)cc21.CCn1cc(CC(=O)O)c2c(O)cc(F)cc21.CCn1cc(CCN2CCOCC2)c2c(O)cc(F)cc21. The quantitative estimate of drug-likeness (QED) is 0.0223. The van der Waals surface area contributed by atoms with Crippen LogP contribution in [0.4, 0.5) is 22.0 Å². The first-order valence-electron chi connectivity index (χ1n) is 40.0. The van der Waals surface area contributed by atoms with Crippen molar-refractivity contribution in [3.05, 3.63) is 220 Å². The van der Waals surface area contributed by atoms with Gasteiger partial charge in [-0.15, -0.1) is 0 Å². The highest BCUT2D eigenvalue weighted by Gasteiger charge is 2.27. The van der Waals surface area contributed by atoms with Gasteiger partial charge in [0, 0.05) is 182 Å². The van der Waals surface area contributed by atoms with E-state index in [1.165, 1.54) is 82.0 Å². The zero-order valence-corrected chi connectivity index (χ0v) is 68.2. The highest BCUT2D eigenvalue weighted by Crippen LogP contribution is 2.38. The molecule has 8 heterocycles. The number of nitrogens with zero attached hydrogens (tertiary/aromatic N) is 7. The third kappa shape index (κ3) is 23.8. The number of rotatable bonds is 26. The summed E-state index contributed by atoms with van der Waals surface area (Å²) in [5.41, 5.74) is 8.37. The van der Waals surface area contributed by atoms with Gasteiger partial charge in [-0.2, -0.15) is 0 Å². The molecule has 3 saturated heterocycles. The fourth-order valence-corrected chi connectivity index (χ4v) is 14.7. The number of carbonyl (C=O) groups excluding carboxylic acids is 4. The van der Waals surface area contributed by atoms with Crippen molar-refractivity contribution >= 4 is 83.7 Å². The van der Waals surface area contributed by atoms with E-state index in [1.54, 1.807) is 26.4 Å². The molecule has 4 N–H and O–H groups in total. The number of carboxylic acid groups (broad SMARTS) is 1. The number of benzene rings is 7. The number of carbonyl (C=O) groups is 5. The number of amides is 1. The number of aromatic nitrogens is 5. The Morgan fingerprint density at radius 1 is 0.420 bits per heavy atom. The summed E-state index contributed by atoms with van der Waals surface area (Å²) in [6.45, 7) is 21.9. The van der Waals surface area contributed by atoms with Crippen LogP contribution < -0.4 is 9.47 Å². The molecule has 7 aromatic carbocycles. The zero-order chi connectivity index (χ0) is 85.2. The van der Waals surface area contributed by atoms with Gasteiger partial charge in [0.1, 0.15) is 84.3 Å². The van der Waals surface area contributed by atoms with Crippen LogP contribution in [0.15, 0.2) is 152 Å². The van der Waals surface area contributed by atoms with Gasteiger partial charge >= 0.3 is 5.97 Å². The van der Waals surface area contributed by atoms with Gasteiger partial charge in [-0.1, -0.05) is 60.7 Å². The lowest BCUT2D eigenvalue weighted by atomic mass is 10.1. The summed E-state index contributed by atoms with van der Waals surface area (Å²) in [6, 6.07) is 32.1. The van der Waals surface area contributed by atoms with Crippen molar-refractivity contribution in [3.63, 3.8) is 0 Å². The molecule has 15 rings (SSSR count). The van der Waals surface area contributed by atoms with Crippen LogP contribution in [0.3, 0.4) is 0 Å². The monoisotopic (exact) mass is 1650 g/mol. The molecule has 0 unspecified atom stereocenters. The summed E-state index contributed by atoms with van der Waals surface area (Å²) in [5, 5.41) is 41.6. The van der Waals surface area contributed by atoms with Crippen LogP contribution in [0.5, 0.6) is 28.7 Å². The lowest BCUT2D eigenvalue weighted by Crippen LogP contribution is -2.41. The predicted octanol–water partition coefficient (Wildman–Crippen LogP) is 15.5. The molecule has 0 saturated carbocycles. The minimum Gasteiger partial charge on any atom is -0.507 e. The summed E-state index contributed by atoms with van der Waals surface area (Å²) in [5.74, 6) is -4.21. The highest BCUT2D eigenvalue weighted by molar-refractivity contribution is 6.46. The summed E-state index contributed by atoms with van der Waals surface area (Å²) in [6.07, 6.45) is 14.0. The molecule has 0 radical (unpaired) electrons. The van der Waals surface area contributed by atoms with Crippen molar-refractivity contribution in [2.24, 2.45) is 0 Å². The second-order valence-corrected chi connectivity index (χ2v) is 28.6. The molecule has 0 atom stereocenters. The second-order valence-electron chi connectivity index (χ2n) is 28.6. The molecule has 3 aliphatic rings. The van der Waals surface area contributed by atoms with E-state index in [-0.39, 0.29) is 85.2 Å². The van der Waals surface area contributed by atoms with Crippen LogP contribution >= 0.6 is 0 Å². The summed E-state index contributed by atoms with van der Waals surface area (Å²) in [7, 11) is 2.85. The Kier molecular flexibility index (Phi) is 33.2. The molecule has 28 heteroatoms. The number of aromatic hydroxyl groups is 3. The van der Waals surface area contributed by atoms with Gasteiger partial charge in [0.05, 0.1) is 77.8 Å². The number of ketones is 3. The van der Waals surface area contributed by atoms with Gasteiger partial charge in [0.2, 0.25) is 17.5 Å². The number of hydrogen-bond acceptors (Lipinski definition) is 16. The van der Waals surface area contributed by atoms with Crippen molar-refractivity contribution in [2.75, 3.05) is 99.8 Å². The number of phenolic OH excluding ortho intramolecular Hbond substituents is 3. The average molecular weight is 1650 g/mol. The van der Waals surface area contributed by atoms with Crippen LogP contribution in [0.25, 0.3) is 54.5 Å². The van der Waals surface area contributed by atoms with E-state index in [0.29, 0.717) is 103 Å². The zero-order valence-electron chi connectivity index (χ0n) is 68.2. The number of phenols is 3. The molecule has 3 aliphatic heterocycles. The first kappa shape index (κ1) is 89.9. The fourth-order valence-electron chi connectivity index (χ4n) is 14.7. The van der Waals surface area contributed by atoms with Crippen molar-refractivity contribution < 1.29 is 99.5 Å². The normalized spacial score (nSPS) is 13.5. The Morgan fingerprint density at radius 3 is 1.22 bits per heavy atom. The van der Waals surface area contributed by atoms with Gasteiger partial charge in [0.25, 0.3) is 0 Å². The van der Waals surface area contributed by atoms with Crippen molar-refractivity contribution in [1.82, 2.24) is 32.6 Å². The minimum absolute atomic E-state index is 0.00202. The third-order valence-electron chi connectivity index (χ3n) is 20.5. The van der Waals surface area contributed by atoms with Crippen molar-refractivity contribution in [2.45, 2.75) is 126 Å². The molecule has 5 aromatic heterocycles. The maximum absolute atomic E-state index is 14.2. The largest absolute Gasteiger partial charge is 0.507 e. The van der Waals surface area contributed by atoms with E-state index in [0.717, 1.165) is 121 Å². The molecule has 23 nitrogen and oxygen atoms in total. The molecule has 3 fully saturated rings. The standard InChI is InChI=1S/C21H20FNO4.C21H22FNO3.C16H19FN2O3.C16H21FN2O2.C12H12FNO3.C5H10O/c1-3-23-11-16(21(25)18(24)13-26-2)20-17(23)9-15(22)10-19(20)27-12-14-7-5-4-6-8-14;1-3-23-12-16(9-18(24)14-25-2)21-19(23)10-17(22)11-20(21)26-13-15-7-5-4-6-8-15;1-2-18-10-11(7-15(21)19-3-5-22-6-4-19)16-13(18)8-12(17)9-14(16)20;1-2-19-11-12(3-4-18-5-7-21-8-6-18)16-14(19)9-13(17)10-15(16)20;1-2-14-6-7(3-11(16)17)12-9(14)4-8(13)5-10(12)15;1-2-4-6-5-3-1/h4-11H,3,12-13H2,1-2H3;4-8,10-12H,3,9,13-14H2,1-2H3;8-10,20H,2-7H2,1H3;9-11,20H,2-8H2,1H3;4-6,15H,2-3H2,1H3,(H,16,17);1-5H2. The molecule has 0 spiro atoms. The molecule has 1 amide bonds. The van der Waals surface area contributed by atoms with Crippen LogP contribution in [0.1, 0.15) is 97.6 Å². The number of morpholine rings is 2. The number of fused-ring (bicyclic) bond motifs is 5. The topological polar surface area (TPSA) is 262 Å². The third-order valence-corrected chi connectivity index (χ3v) is 20.5. The first-order valence-corrected chi connectivity index (χ1v) is 40.0. The average Bonchev–Trinajstić information content (AvgIpc) is 1.56. The molecule has 12 aromatic rings. The van der Waals surface area contributed by atoms with Gasteiger partial charge in [-0.25, -0.2) is 22.0 Å². The molecule has 634 valence electrons. The second kappa shape index (κ2) is 43.9. The summed E-state index contributed by atoms with van der Waals surface area (Å²) in [4.78, 5) is 63.9. The number of aryl methyl sites for hydroxylation is 5. The highest BCUT2D eigenvalue weighted by atomic mass is 19.1. The molecule has 119 heavy (non-hydrogen) atoms.